The van der Waals surface area contributed by atoms with Crippen LogP contribution in [0.2, 0.25) is 0 Å². The lowest BCUT2D eigenvalue weighted by Crippen LogP contribution is -2.28. The zero-order valence-electron chi connectivity index (χ0n) is 7.33. The van der Waals surface area contributed by atoms with Crippen molar-refractivity contribution in [2.75, 3.05) is 6.61 Å². The molecular formula is C6H12N3O4P. The van der Waals surface area contributed by atoms with E-state index < -0.39 is 13.9 Å². The fourth-order valence-electron chi connectivity index (χ4n) is 0.931. The highest BCUT2D eigenvalue weighted by Crippen LogP contribution is 2.35. The standard InChI is InChI=1S/C6H12N3O4P/c7-5(3-13-14(10,11)12)1-6-2-8-4-9-6/h2,4-5H,1,3,7H2,(H,8,9)(H2,10,11,12)/t5-/m0/s1. The molecule has 1 aromatic heterocycles. The molecule has 0 amide bonds. The van der Waals surface area contributed by atoms with Crippen LogP contribution in [0.1, 0.15) is 5.69 Å². The van der Waals surface area contributed by atoms with Gasteiger partial charge in [-0.15, -0.1) is 0 Å². The minimum Gasteiger partial charge on any atom is -0.348 e. The topological polar surface area (TPSA) is 121 Å². The van der Waals surface area contributed by atoms with E-state index in [4.69, 9.17) is 15.5 Å². The third kappa shape index (κ3) is 4.50. The summed E-state index contributed by atoms with van der Waals surface area (Å²) in [5.74, 6) is 0. The number of rotatable bonds is 5. The Morgan fingerprint density at radius 1 is 1.71 bits per heavy atom. The molecule has 0 unspecified atom stereocenters. The maximum atomic E-state index is 10.3. The Morgan fingerprint density at radius 2 is 2.43 bits per heavy atom. The van der Waals surface area contributed by atoms with Gasteiger partial charge >= 0.3 is 7.82 Å². The third-order valence-electron chi connectivity index (χ3n) is 1.49. The second-order valence-corrected chi connectivity index (χ2v) is 4.07. The Labute approximate surface area is 80.5 Å². The lowest BCUT2D eigenvalue weighted by molar-refractivity contribution is 0.185. The lowest BCUT2D eigenvalue weighted by Gasteiger charge is -2.11. The number of nitrogens with two attached hydrogens (primary N) is 1. The van der Waals surface area contributed by atoms with Crippen molar-refractivity contribution in [1.29, 1.82) is 0 Å². The predicted molar refractivity (Wildman–Crippen MR) is 48.3 cm³/mol. The molecule has 0 aromatic carbocycles. The van der Waals surface area contributed by atoms with Crippen molar-refractivity contribution in [3.8, 4) is 0 Å². The summed E-state index contributed by atoms with van der Waals surface area (Å²) in [5, 5.41) is 0. The fraction of sp³-hybridized carbons (Fsp3) is 0.500. The highest BCUT2D eigenvalue weighted by molar-refractivity contribution is 7.46. The highest BCUT2D eigenvalue weighted by atomic mass is 31.2. The number of aromatic amines is 1. The van der Waals surface area contributed by atoms with Crippen LogP contribution in [0.15, 0.2) is 12.5 Å². The van der Waals surface area contributed by atoms with Gasteiger partial charge in [0.1, 0.15) is 0 Å². The maximum Gasteiger partial charge on any atom is 0.469 e. The molecule has 0 aliphatic rings. The second kappa shape index (κ2) is 4.68. The number of H-pyrrole nitrogens is 1. The quantitative estimate of drug-likeness (QED) is 0.492. The fourth-order valence-corrected chi connectivity index (χ4v) is 1.32. The Morgan fingerprint density at radius 3 is 2.93 bits per heavy atom. The number of aromatic nitrogens is 2. The summed E-state index contributed by atoms with van der Waals surface area (Å²) in [6.45, 7) is -0.191. The summed E-state index contributed by atoms with van der Waals surface area (Å²) in [5.41, 5.74) is 6.35. The molecule has 0 saturated carbocycles. The molecule has 5 N–H and O–H groups in total. The molecular weight excluding hydrogens is 209 g/mol. The molecule has 0 saturated heterocycles. The molecule has 0 aliphatic heterocycles. The van der Waals surface area contributed by atoms with Crippen LogP contribution in [0, 0.1) is 0 Å². The van der Waals surface area contributed by atoms with Gasteiger partial charge in [0.25, 0.3) is 0 Å². The van der Waals surface area contributed by atoms with Gasteiger partial charge in [-0.05, 0) is 0 Å². The molecule has 0 spiro atoms. The molecule has 0 aliphatic carbocycles. The van der Waals surface area contributed by atoms with Gasteiger partial charge in [0.15, 0.2) is 0 Å². The minimum absolute atomic E-state index is 0.191. The smallest absolute Gasteiger partial charge is 0.348 e. The first kappa shape index (κ1) is 11.4. The van der Waals surface area contributed by atoms with Crippen LogP contribution in [0.25, 0.3) is 0 Å². The molecule has 0 bridgehead atoms. The van der Waals surface area contributed by atoms with E-state index in [1.807, 2.05) is 0 Å². The van der Waals surface area contributed by atoms with Gasteiger partial charge in [-0.2, -0.15) is 0 Å². The van der Waals surface area contributed by atoms with Crippen LogP contribution in [0.4, 0.5) is 0 Å². The first-order valence-corrected chi connectivity index (χ1v) is 5.43. The summed E-state index contributed by atoms with van der Waals surface area (Å²) in [6.07, 6.45) is 3.53. The Hall–Kier alpha value is -0.720. The van der Waals surface area contributed by atoms with E-state index in [0.29, 0.717) is 6.42 Å². The van der Waals surface area contributed by atoms with Gasteiger partial charge in [0, 0.05) is 24.4 Å². The largest absolute Gasteiger partial charge is 0.469 e. The van der Waals surface area contributed by atoms with Crippen LogP contribution in [0.3, 0.4) is 0 Å². The van der Waals surface area contributed by atoms with Crippen LogP contribution in [-0.4, -0.2) is 32.4 Å². The number of phosphoric ester groups is 1. The first-order chi connectivity index (χ1) is 6.47. The van der Waals surface area contributed by atoms with Crippen LogP contribution in [-0.2, 0) is 15.5 Å². The summed E-state index contributed by atoms with van der Waals surface area (Å²) < 4.78 is 14.6. The van der Waals surface area contributed by atoms with Crippen molar-refractivity contribution >= 4 is 7.82 Å². The van der Waals surface area contributed by atoms with Crippen molar-refractivity contribution in [1.82, 2.24) is 9.97 Å². The minimum atomic E-state index is -4.42. The van der Waals surface area contributed by atoms with E-state index >= 15 is 0 Å². The number of nitrogens with one attached hydrogen (secondary N) is 1. The first-order valence-electron chi connectivity index (χ1n) is 3.90. The van der Waals surface area contributed by atoms with Crippen LogP contribution >= 0.6 is 7.82 Å². The molecule has 8 heteroatoms. The number of imidazole rings is 1. The molecule has 0 radical (unpaired) electrons. The maximum absolute atomic E-state index is 10.3. The van der Waals surface area contributed by atoms with E-state index in [0.717, 1.165) is 5.69 Å². The monoisotopic (exact) mass is 221 g/mol. The summed E-state index contributed by atoms with van der Waals surface area (Å²) in [4.78, 5) is 23.4. The molecule has 80 valence electrons. The Kier molecular flexibility index (Phi) is 3.79. The van der Waals surface area contributed by atoms with Crippen molar-refractivity contribution in [3.63, 3.8) is 0 Å². The molecule has 1 atom stereocenters. The number of phosphoric acid groups is 1. The average molecular weight is 221 g/mol. The van der Waals surface area contributed by atoms with E-state index in [-0.39, 0.29) is 6.61 Å². The lowest BCUT2D eigenvalue weighted by atomic mass is 10.2. The zero-order valence-corrected chi connectivity index (χ0v) is 8.22. The Balaban J connectivity index is 2.30. The van der Waals surface area contributed by atoms with E-state index in [2.05, 4.69) is 14.5 Å². The number of nitrogens with zero attached hydrogens (tertiary/aromatic N) is 1. The normalized spacial score (nSPS) is 14.2. The van der Waals surface area contributed by atoms with Crippen LogP contribution < -0.4 is 5.73 Å². The SMILES string of the molecule is N[C@H](COP(=O)(O)O)Cc1cnc[nH]1. The van der Waals surface area contributed by atoms with Gasteiger partial charge in [-0.3, -0.25) is 4.52 Å². The van der Waals surface area contributed by atoms with Gasteiger partial charge in [-0.25, -0.2) is 9.55 Å². The molecule has 14 heavy (non-hydrogen) atoms. The van der Waals surface area contributed by atoms with Gasteiger partial charge in [-0.1, -0.05) is 0 Å². The average Bonchev–Trinajstić information content (AvgIpc) is 2.52. The zero-order chi connectivity index (χ0) is 10.6. The molecule has 1 heterocycles. The summed E-state index contributed by atoms with van der Waals surface area (Å²) >= 11 is 0. The van der Waals surface area contributed by atoms with Gasteiger partial charge in [0.2, 0.25) is 0 Å². The highest BCUT2D eigenvalue weighted by Gasteiger charge is 2.16. The van der Waals surface area contributed by atoms with Crippen LogP contribution in [0.5, 0.6) is 0 Å². The van der Waals surface area contributed by atoms with Gasteiger partial charge in [0.05, 0.1) is 12.9 Å². The third-order valence-corrected chi connectivity index (χ3v) is 1.98. The van der Waals surface area contributed by atoms with E-state index in [1.54, 1.807) is 6.20 Å². The number of hydrogen-bond acceptors (Lipinski definition) is 4. The molecule has 7 nitrogen and oxygen atoms in total. The van der Waals surface area contributed by atoms with Gasteiger partial charge < -0.3 is 20.5 Å². The molecule has 1 aromatic rings. The predicted octanol–water partition coefficient (Wildman–Crippen LogP) is -0.611. The number of hydrogen-bond donors (Lipinski definition) is 4. The van der Waals surface area contributed by atoms with E-state index in [9.17, 15) is 4.57 Å². The summed E-state index contributed by atoms with van der Waals surface area (Å²) in [6, 6.07) is -0.469. The molecule has 1 rings (SSSR count). The van der Waals surface area contributed by atoms with E-state index in [1.165, 1.54) is 6.33 Å². The Bertz CT molecular complexity index is 309. The molecule has 0 fully saturated rings. The van der Waals surface area contributed by atoms with Crippen molar-refractivity contribution in [2.24, 2.45) is 5.73 Å². The van der Waals surface area contributed by atoms with Crippen molar-refractivity contribution in [2.45, 2.75) is 12.5 Å². The summed E-state index contributed by atoms with van der Waals surface area (Å²) in [7, 11) is -4.42. The van der Waals surface area contributed by atoms with Crippen molar-refractivity contribution in [3.05, 3.63) is 18.2 Å². The second-order valence-electron chi connectivity index (χ2n) is 2.83. The van der Waals surface area contributed by atoms with Crippen molar-refractivity contribution < 1.29 is 18.9 Å².